The summed E-state index contributed by atoms with van der Waals surface area (Å²) in [5.41, 5.74) is 0. The van der Waals surface area contributed by atoms with E-state index in [2.05, 4.69) is 15.6 Å². The number of carbonyl (C=O) groups is 1. The predicted octanol–water partition coefficient (Wildman–Crippen LogP) is 1.12. The molecule has 1 aromatic rings. The third-order valence-electron chi connectivity index (χ3n) is 3.92. The van der Waals surface area contributed by atoms with E-state index in [1.54, 1.807) is 12.5 Å². The molecule has 0 aliphatic heterocycles. The first-order valence-electron chi connectivity index (χ1n) is 7.40. The number of imidazole rings is 1. The molecule has 2 atom stereocenters. The van der Waals surface area contributed by atoms with Crippen LogP contribution in [0.3, 0.4) is 0 Å². The topological polar surface area (TPSA) is 79.2 Å². The molecule has 1 aliphatic carbocycles. The Labute approximate surface area is 119 Å². The van der Waals surface area contributed by atoms with Crippen molar-refractivity contribution in [2.24, 2.45) is 5.92 Å². The molecule has 2 amide bonds. The lowest BCUT2D eigenvalue weighted by atomic mass is 9.96. The lowest BCUT2D eigenvalue weighted by Gasteiger charge is -2.24. The molecule has 6 heteroatoms. The molecule has 2 rings (SSSR count). The van der Waals surface area contributed by atoms with Gasteiger partial charge in [-0.05, 0) is 12.8 Å². The van der Waals surface area contributed by atoms with Crippen molar-refractivity contribution >= 4 is 6.03 Å². The highest BCUT2D eigenvalue weighted by atomic mass is 16.3. The molecule has 1 heterocycles. The van der Waals surface area contributed by atoms with E-state index in [1.165, 1.54) is 6.42 Å². The number of nitrogens with one attached hydrogen (secondary N) is 2. The highest BCUT2D eigenvalue weighted by Gasteiger charge is 2.24. The van der Waals surface area contributed by atoms with Gasteiger partial charge in [-0.15, -0.1) is 0 Å². The Morgan fingerprint density at radius 3 is 2.95 bits per heavy atom. The van der Waals surface area contributed by atoms with E-state index in [0.29, 0.717) is 13.1 Å². The average molecular weight is 280 g/mol. The Hall–Kier alpha value is -1.56. The van der Waals surface area contributed by atoms with Gasteiger partial charge in [-0.2, -0.15) is 0 Å². The second-order valence-electron chi connectivity index (χ2n) is 5.39. The minimum absolute atomic E-state index is 0.0933. The molecule has 0 unspecified atom stereocenters. The van der Waals surface area contributed by atoms with E-state index < -0.39 is 0 Å². The summed E-state index contributed by atoms with van der Waals surface area (Å²) >= 11 is 0. The van der Waals surface area contributed by atoms with Gasteiger partial charge in [0.05, 0.1) is 6.33 Å². The Balaban J connectivity index is 1.71. The molecule has 3 N–H and O–H groups in total. The number of amides is 2. The zero-order valence-electron chi connectivity index (χ0n) is 11.8. The number of aliphatic hydroxyl groups excluding tert-OH is 1. The van der Waals surface area contributed by atoms with Crippen LogP contribution in [0.4, 0.5) is 4.79 Å². The van der Waals surface area contributed by atoms with Crippen LogP contribution in [0.15, 0.2) is 18.7 Å². The second kappa shape index (κ2) is 7.89. The quantitative estimate of drug-likeness (QED) is 0.707. The standard InChI is InChI=1S/C14H24N4O2/c19-10-12-4-2-1-3-5-13(12)17-14(20)16-7-9-18-8-6-15-11-18/h6,8,11-13,19H,1-5,7,9-10H2,(H2,16,17,20)/t12-,13+/m0/s1. The van der Waals surface area contributed by atoms with Gasteiger partial charge in [0.15, 0.2) is 0 Å². The van der Waals surface area contributed by atoms with Crippen molar-refractivity contribution in [2.75, 3.05) is 13.2 Å². The first kappa shape index (κ1) is 14.8. The van der Waals surface area contributed by atoms with E-state index in [1.807, 2.05) is 10.8 Å². The number of nitrogens with zero attached hydrogens (tertiary/aromatic N) is 2. The molecule has 112 valence electrons. The van der Waals surface area contributed by atoms with Crippen LogP contribution in [0.1, 0.15) is 32.1 Å². The molecule has 0 bridgehead atoms. The van der Waals surface area contributed by atoms with Crippen LogP contribution in [0.5, 0.6) is 0 Å². The number of rotatable bonds is 5. The molecular weight excluding hydrogens is 256 g/mol. The fourth-order valence-electron chi connectivity index (χ4n) is 2.73. The van der Waals surface area contributed by atoms with Gasteiger partial charge in [-0.1, -0.05) is 19.3 Å². The summed E-state index contributed by atoms with van der Waals surface area (Å²) in [6, 6.07) is -0.0498. The van der Waals surface area contributed by atoms with Crippen LogP contribution in [-0.4, -0.2) is 39.9 Å². The summed E-state index contributed by atoms with van der Waals surface area (Å²) in [7, 11) is 0. The van der Waals surface area contributed by atoms with Crippen molar-refractivity contribution in [1.29, 1.82) is 0 Å². The smallest absolute Gasteiger partial charge is 0.315 e. The van der Waals surface area contributed by atoms with Crippen molar-refractivity contribution in [2.45, 2.75) is 44.7 Å². The van der Waals surface area contributed by atoms with Crippen molar-refractivity contribution in [3.63, 3.8) is 0 Å². The molecule has 0 radical (unpaired) electrons. The first-order valence-corrected chi connectivity index (χ1v) is 7.40. The molecule has 0 spiro atoms. The van der Waals surface area contributed by atoms with Crippen LogP contribution in [0.25, 0.3) is 0 Å². The molecule has 1 saturated carbocycles. The van der Waals surface area contributed by atoms with Crippen LogP contribution in [0.2, 0.25) is 0 Å². The SMILES string of the molecule is O=C(NCCn1ccnc1)N[C@@H]1CCCCC[C@H]1CO. The van der Waals surface area contributed by atoms with E-state index in [9.17, 15) is 9.90 Å². The summed E-state index contributed by atoms with van der Waals surface area (Å²) in [5, 5.41) is 15.3. The maximum absolute atomic E-state index is 11.9. The normalized spacial score (nSPS) is 23.1. The fraction of sp³-hybridized carbons (Fsp3) is 0.714. The molecule has 20 heavy (non-hydrogen) atoms. The molecular formula is C14H24N4O2. The Morgan fingerprint density at radius 1 is 1.35 bits per heavy atom. The van der Waals surface area contributed by atoms with Gasteiger partial charge in [0.2, 0.25) is 0 Å². The first-order chi connectivity index (χ1) is 9.79. The van der Waals surface area contributed by atoms with Crippen LogP contribution < -0.4 is 10.6 Å². The summed E-state index contributed by atoms with van der Waals surface area (Å²) in [5.74, 6) is 0.192. The van der Waals surface area contributed by atoms with Crippen LogP contribution >= 0.6 is 0 Å². The summed E-state index contributed by atoms with van der Waals surface area (Å²) < 4.78 is 1.92. The van der Waals surface area contributed by atoms with Gasteiger partial charge in [0.1, 0.15) is 0 Å². The zero-order chi connectivity index (χ0) is 14.2. The van der Waals surface area contributed by atoms with Gasteiger partial charge in [-0.3, -0.25) is 0 Å². The van der Waals surface area contributed by atoms with E-state index in [-0.39, 0.29) is 24.6 Å². The van der Waals surface area contributed by atoms with Crippen LogP contribution in [0, 0.1) is 5.92 Å². The molecule has 1 fully saturated rings. The Bertz CT molecular complexity index is 394. The Morgan fingerprint density at radius 2 is 2.20 bits per heavy atom. The molecule has 6 nitrogen and oxygen atoms in total. The summed E-state index contributed by atoms with van der Waals surface area (Å²) in [6.45, 7) is 1.43. The molecule has 0 aromatic carbocycles. The van der Waals surface area contributed by atoms with Crippen molar-refractivity contribution < 1.29 is 9.90 Å². The number of hydrogen-bond donors (Lipinski definition) is 3. The van der Waals surface area contributed by atoms with Gasteiger partial charge >= 0.3 is 6.03 Å². The number of urea groups is 1. The highest BCUT2D eigenvalue weighted by molar-refractivity contribution is 5.74. The monoisotopic (exact) mass is 280 g/mol. The fourth-order valence-corrected chi connectivity index (χ4v) is 2.73. The predicted molar refractivity (Wildman–Crippen MR) is 76.2 cm³/mol. The average Bonchev–Trinajstić information content (AvgIpc) is 2.85. The van der Waals surface area contributed by atoms with E-state index >= 15 is 0 Å². The molecule has 1 aliphatic rings. The van der Waals surface area contributed by atoms with Gasteiger partial charge in [0.25, 0.3) is 0 Å². The largest absolute Gasteiger partial charge is 0.396 e. The third kappa shape index (κ3) is 4.52. The van der Waals surface area contributed by atoms with E-state index in [0.717, 1.165) is 25.7 Å². The lowest BCUT2D eigenvalue weighted by Crippen LogP contribution is -2.46. The van der Waals surface area contributed by atoms with Gasteiger partial charge in [-0.25, -0.2) is 9.78 Å². The maximum Gasteiger partial charge on any atom is 0.315 e. The maximum atomic E-state index is 11.9. The van der Waals surface area contributed by atoms with Gasteiger partial charge in [0, 0.05) is 44.0 Å². The number of carbonyl (C=O) groups excluding carboxylic acids is 1. The number of aliphatic hydroxyl groups is 1. The minimum Gasteiger partial charge on any atom is -0.396 e. The molecule has 0 saturated heterocycles. The van der Waals surface area contributed by atoms with E-state index in [4.69, 9.17) is 0 Å². The number of aromatic nitrogens is 2. The van der Waals surface area contributed by atoms with Gasteiger partial charge < -0.3 is 20.3 Å². The highest BCUT2D eigenvalue weighted by Crippen LogP contribution is 2.22. The second-order valence-corrected chi connectivity index (χ2v) is 5.39. The molecule has 1 aromatic heterocycles. The van der Waals surface area contributed by atoms with Crippen molar-refractivity contribution in [3.05, 3.63) is 18.7 Å². The number of hydrogen-bond acceptors (Lipinski definition) is 3. The third-order valence-corrected chi connectivity index (χ3v) is 3.92. The zero-order valence-corrected chi connectivity index (χ0v) is 11.8. The minimum atomic E-state index is -0.143. The van der Waals surface area contributed by atoms with Crippen LogP contribution in [-0.2, 0) is 6.54 Å². The van der Waals surface area contributed by atoms with Crippen molar-refractivity contribution in [3.8, 4) is 0 Å². The lowest BCUT2D eigenvalue weighted by molar-refractivity contribution is 0.179. The summed E-state index contributed by atoms with van der Waals surface area (Å²) in [6.07, 6.45) is 10.7. The van der Waals surface area contributed by atoms with Crippen molar-refractivity contribution in [1.82, 2.24) is 20.2 Å². The Kier molecular flexibility index (Phi) is 5.86. The summed E-state index contributed by atoms with van der Waals surface area (Å²) in [4.78, 5) is 15.8.